The molecule has 3 aliphatic rings. The van der Waals surface area contributed by atoms with Gasteiger partial charge in [0, 0.05) is 19.1 Å². The molecule has 0 aromatic heterocycles. The van der Waals surface area contributed by atoms with Crippen molar-refractivity contribution in [1.82, 2.24) is 10.2 Å². The Morgan fingerprint density at radius 3 is 2.34 bits per heavy atom. The van der Waals surface area contributed by atoms with Crippen LogP contribution in [0.4, 0.5) is 4.79 Å². The number of benzene rings is 2. The van der Waals surface area contributed by atoms with Crippen LogP contribution in [0.3, 0.4) is 0 Å². The highest BCUT2D eigenvalue weighted by Crippen LogP contribution is 2.44. The summed E-state index contributed by atoms with van der Waals surface area (Å²) in [4.78, 5) is 38.9. The van der Waals surface area contributed by atoms with Crippen LogP contribution >= 0.6 is 0 Å². The molecular formula is C26H28N2O7. The molecule has 2 saturated heterocycles. The van der Waals surface area contributed by atoms with Gasteiger partial charge in [0.15, 0.2) is 12.1 Å². The molecule has 0 radical (unpaired) electrons. The van der Waals surface area contributed by atoms with Crippen LogP contribution in [-0.4, -0.2) is 78.6 Å². The standard InChI is InChI=1S/C26H28N2O7/c1-15-22(25(30)31)28(11-13-33-15)24(29)23-21(10-12-34-23)27-26(32)35-14-20-18-8-4-2-6-16(18)17-7-3-5-9-19(17)20/h2-9,15,20-23H,10-14H2,1H3,(H,27,32)(H,30,31). The summed E-state index contributed by atoms with van der Waals surface area (Å²) >= 11 is 0. The minimum Gasteiger partial charge on any atom is -0.480 e. The van der Waals surface area contributed by atoms with Crippen LogP contribution in [0.5, 0.6) is 0 Å². The van der Waals surface area contributed by atoms with Gasteiger partial charge in [-0.1, -0.05) is 48.5 Å². The van der Waals surface area contributed by atoms with Crippen molar-refractivity contribution in [2.75, 3.05) is 26.4 Å². The van der Waals surface area contributed by atoms with Crippen molar-refractivity contribution in [3.05, 3.63) is 59.7 Å². The first-order valence-corrected chi connectivity index (χ1v) is 11.8. The fraction of sp³-hybridized carbons (Fsp3) is 0.423. The van der Waals surface area contributed by atoms with Gasteiger partial charge in [-0.25, -0.2) is 9.59 Å². The number of fused-ring (bicyclic) bond motifs is 3. The number of carbonyl (C=O) groups excluding carboxylic acids is 2. The van der Waals surface area contributed by atoms with Crippen molar-refractivity contribution < 1.29 is 33.7 Å². The van der Waals surface area contributed by atoms with Gasteiger partial charge in [0.1, 0.15) is 6.61 Å². The van der Waals surface area contributed by atoms with Gasteiger partial charge in [-0.2, -0.15) is 0 Å². The zero-order valence-corrected chi connectivity index (χ0v) is 19.4. The molecule has 2 aromatic rings. The molecule has 2 heterocycles. The van der Waals surface area contributed by atoms with E-state index in [4.69, 9.17) is 14.2 Å². The zero-order chi connectivity index (χ0) is 24.5. The number of carboxylic acids is 1. The Balaban J connectivity index is 1.23. The summed E-state index contributed by atoms with van der Waals surface area (Å²) in [5.41, 5.74) is 4.50. The van der Waals surface area contributed by atoms with Crippen molar-refractivity contribution in [2.45, 2.75) is 43.6 Å². The number of carboxylic acid groups (broad SMARTS) is 1. The monoisotopic (exact) mass is 480 g/mol. The molecule has 4 atom stereocenters. The highest BCUT2D eigenvalue weighted by molar-refractivity contribution is 5.88. The van der Waals surface area contributed by atoms with Crippen LogP contribution in [-0.2, 0) is 23.8 Å². The Labute approximate surface area is 203 Å². The van der Waals surface area contributed by atoms with Gasteiger partial charge in [-0.05, 0) is 35.6 Å². The number of amides is 2. The Kier molecular flexibility index (Phi) is 6.44. The maximum absolute atomic E-state index is 13.2. The van der Waals surface area contributed by atoms with Crippen LogP contribution in [0.1, 0.15) is 30.4 Å². The fourth-order valence-corrected chi connectivity index (χ4v) is 5.34. The third kappa shape index (κ3) is 4.37. The number of nitrogens with zero attached hydrogens (tertiary/aromatic N) is 1. The van der Waals surface area contributed by atoms with E-state index in [-0.39, 0.29) is 32.3 Å². The number of hydrogen-bond acceptors (Lipinski definition) is 6. The second-order valence-corrected chi connectivity index (χ2v) is 9.05. The number of aliphatic carboxylic acids is 1. The number of morpholine rings is 1. The molecule has 2 aliphatic heterocycles. The Hall–Kier alpha value is -3.43. The molecular weight excluding hydrogens is 452 g/mol. The first-order valence-electron chi connectivity index (χ1n) is 11.8. The number of ether oxygens (including phenoxy) is 3. The first-order chi connectivity index (χ1) is 17.0. The number of hydrogen-bond donors (Lipinski definition) is 2. The van der Waals surface area contributed by atoms with E-state index in [1.165, 1.54) is 4.90 Å². The highest BCUT2D eigenvalue weighted by atomic mass is 16.6. The summed E-state index contributed by atoms with van der Waals surface area (Å²) in [6, 6.07) is 14.4. The van der Waals surface area contributed by atoms with E-state index in [0.717, 1.165) is 22.3 Å². The average Bonchev–Trinajstić information content (AvgIpc) is 3.44. The molecule has 9 nitrogen and oxygen atoms in total. The molecule has 1 aliphatic carbocycles. The van der Waals surface area contributed by atoms with Gasteiger partial charge in [-0.15, -0.1) is 0 Å². The summed E-state index contributed by atoms with van der Waals surface area (Å²) in [5, 5.41) is 12.4. The zero-order valence-electron chi connectivity index (χ0n) is 19.4. The topological polar surface area (TPSA) is 114 Å². The number of rotatable bonds is 5. The normalized spacial score (nSPS) is 25.6. The average molecular weight is 481 g/mol. The molecule has 0 saturated carbocycles. The predicted octanol–water partition coefficient (Wildman–Crippen LogP) is 2.38. The third-order valence-electron chi connectivity index (χ3n) is 7.01. The minimum absolute atomic E-state index is 0.0726. The van der Waals surface area contributed by atoms with Crippen molar-refractivity contribution in [1.29, 1.82) is 0 Å². The second-order valence-electron chi connectivity index (χ2n) is 9.05. The van der Waals surface area contributed by atoms with Crippen LogP contribution in [0.2, 0.25) is 0 Å². The van der Waals surface area contributed by atoms with Gasteiger partial charge >= 0.3 is 12.1 Å². The molecule has 0 spiro atoms. The van der Waals surface area contributed by atoms with Gasteiger partial charge < -0.3 is 29.5 Å². The second kappa shape index (κ2) is 9.67. The molecule has 4 unspecified atom stereocenters. The van der Waals surface area contributed by atoms with Gasteiger partial charge in [0.2, 0.25) is 0 Å². The van der Waals surface area contributed by atoms with Crippen molar-refractivity contribution >= 4 is 18.0 Å². The van der Waals surface area contributed by atoms with E-state index in [2.05, 4.69) is 17.4 Å². The van der Waals surface area contributed by atoms with E-state index >= 15 is 0 Å². The predicted molar refractivity (Wildman–Crippen MR) is 125 cm³/mol. The lowest BCUT2D eigenvalue weighted by atomic mass is 9.98. The molecule has 2 fully saturated rings. The largest absolute Gasteiger partial charge is 0.480 e. The molecule has 0 bridgehead atoms. The lowest BCUT2D eigenvalue weighted by Gasteiger charge is -2.38. The summed E-state index contributed by atoms with van der Waals surface area (Å²) < 4.78 is 16.6. The first kappa shape index (κ1) is 23.3. The summed E-state index contributed by atoms with van der Waals surface area (Å²) in [7, 11) is 0. The van der Waals surface area contributed by atoms with E-state index in [9.17, 15) is 19.5 Å². The van der Waals surface area contributed by atoms with Gasteiger partial charge in [-0.3, -0.25) is 4.79 Å². The summed E-state index contributed by atoms with van der Waals surface area (Å²) in [6.07, 6.45) is -1.81. The summed E-state index contributed by atoms with van der Waals surface area (Å²) in [5.74, 6) is -1.67. The third-order valence-corrected chi connectivity index (χ3v) is 7.01. The van der Waals surface area contributed by atoms with E-state index in [1.807, 2.05) is 36.4 Å². The fourth-order valence-electron chi connectivity index (χ4n) is 5.34. The Morgan fingerprint density at radius 1 is 1.03 bits per heavy atom. The van der Waals surface area contributed by atoms with Crippen LogP contribution in [0.15, 0.2) is 48.5 Å². The van der Waals surface area contributed by atoms with Crippen molar-refractivity contribution in [3.63, 3.8) is 0 Å². The quantitative estimate of drug-likeness (QED) is 0.675. The van der Waals surface area contributed by atoms with E-state index in [1.54, 1.807) is 6.92 Å². The van der Waals surface area contributed by atoms with E-state index in [0.29, 0.717) is 6.42 Å². The lowest BCUT2D eigenvalue weighted by Crippen LogP contribution is -2.60. The molecule has 5 rings (SSSR count). The smallest absolute Gasteiger partial charge is 0.407 e. The molecule has 35 heavy (non-hydrogen) atoms. The van der Waals surface area contributed by atoms with Gasteiger partial charge in [0.25, 0.3) is 5.91 Å². The van der Waals surface area contributed by atoms with Crippen molar-refractivity contribution in [3.8, 4) is 11.1 Å². The molecule has 2 amide bonds. The maximum atomic E-state index is 13.2. The molecule has 9 heteroatoms. The van der Waals surface area contributed by atoms with Crippen LogP contribution in [0.25, 0.3) is 11.1 Å². The molecule has 2 N–H and O–H groups in total. The Bertz CT molecular complexity index is 1090. The summed E-state index contributed by atoms with van der Waals surface area (Å²) in [6.45, 7) is 2.46. The maximum Gasteiger partial charge on any atom is 0.407 e. The van der Waals surface area contributed by atoms with Crippen molar-refractivity contribution in [2.24, 2.45) is 0 Å². The SMILES string of the molecule is CC1OCCN(C(=O)C2OCCC2NC(=O)OCC2c3ccccc3-c3ccccc32)C1C(=O)O. The van der Waals surface area contributed by atoms with Crippen LogP contribution < -0.4 is 5.32 Å². The number of carbonyl (C=O) groups is 3. The number of alkyl carbamates (subject to hydrolysis) is 1. The Morgan fingerprint density at radius 2 is 1.69 bits per heavy atom. The van der Waals surface area contributed by atoms with Gasteiger partial charge in [0.05, 0.1) is 18.8 Å². The molecule has 2 aromatic carbocycles. The van der Waals surface area contributed by atoms with Crippen LogP contribution in [0, 0.1) is 0 Å². The van der Waals surface area contributed by atoms with E-state index < -0.39 is 42.3 Å². The minimum atomic E-state index is -1.13. The number of nitrogens with one attached hydrogen (secondary N) is 1. The molecule has 184 valence electrons. The highest BCUT2D eigenvalue weighted by Gasteiger charge is 2.45. The lowest BCUT2D eigenvalue weighted by molar-refractivity contribution is -0.169.